The van der Waals surface area contributed by atoms with Gasteiger partial charge in [0.05, 0.1) is 62.1 Å². The summed E-state index contributed by atoms with van der Waals surface area (Å²) in [6.07, 6.45) is 3.15. The number of rotatable bonds is 36. The van der Waals surface area contributed by atoms with E-state index in [0.717, 1.165) is 22.4 Å². The van der Waals surface area contributed by atoms with Crippen LogP contribution in [0.2, 0.25) is 0 Å². The molecule has 21 heteroatoms. The first-order valence-corrected chi connectivity index (χ1v) is 34.0. The Morgan fingerprint density at radius 1 is 0.726 bits per heavy atom. The highest BCUT2D eigenvalue weighted by molar-refractivity contribution is 6.01. The number of fused-ring (bicyclic) bond motifs is 5. The lowest BCUT2D eigenvalue weighted by Gasteiger charge is -2.41. The van der Waals surface area contributed by atoms with E-state index in [0.29, 0.717) is 45.5 Å². The highest BCUT2D eigenvalue weighted by atomic mass is 16.5. The number of ether oxygens (including phenoxy) is 3. The van der Waals surface area contributed by atoms with Gasteiger partial charge < -0.3 is 60.2 Å². The van der Waals surface area contributed by atoms with Crippen molar-refractivity contribution >= 4 is 64.5 Å². The van der Waals surface area contributed by atoms with Gasteiger partial charge in [0.25, 0.3) is 0 Å². The van der Waals surface area contributed by atoms with Crippen molar-refractivity contribution in [1.29, 1.82) is 0 Å². The van der Waals surface area contributed by atoms with E-state index < -0.39 is 82.9 Å². The molecule has 10 atom stereocenters. The number of carboxylic acid groups (broad SMARTS) is 1. The number of hydrogen-bond donors (Lipinski definition) is 5. The Balaban J connectivity index is 0.938. The molecular weight excluding hydrogens is 1210 g/mol. The van der Waals surface area contributed by atoms with Gasteiger partial charge in [-0.3, -0.25) is 38.4 Å². The van der Waals surface area contributed by atoms with Crippen molar-refractivity contribution < 1.29 is 62.5 Å². The molecule has 2 heterocycles. The van der Waals surface area contributed by atoms with Crippen LogP contribution in [0, 0.1) is 34.5 Å². The summed E-state index contributed by atoms with van der Waals surface area (Å²) in [7, 11) is 6.17. The number of carbonyl (C=O) groups excluding carboxylic acids is 8. The van der Waals surface area contributed by atoms with Gasteiger partial charge in [0, 0.05) is 96.9 Å². The number of hydrogen-bond acceptors (Lipinski definition) is 12. The number of likely N-dealkylation sites (N-methyl/N-ethyl adjacent to an activating group) is 2. The van der Waals surface area contributed by atoms with Crippen molar-refractivity contribution in [1.82, 2.24) is 36.0 Å². The number of carboxylic acids is 1. The minimum Gasteiger partial charge on any atom is -0.480 e. The lowest BCUT2D eigenvalue weighted by Crippen LogP contribution is -2.60. The van der Waals surface area contributed by atoms with Crippen LogP contribution in [-0.4, -0.2) is 177 Å². The lowest BCUT2D eigenvalue weighted by atomic mass is 9.89. The summed E-state index contributed by atoms with van der Waals surface area (Å²) in [5.41, 5.74) is 5.27. The van der Waals surface area contributed by atoms with Crippen molar-refractivity contribution in [3.63, 3.8) is 0 Å². The number of para-hydroxylation sites is 1. The molecule has 0 spiro atoms. The SMILES string of the molecule is CC[C@H](C)[C@@H]([C@@H](CC(=O)N1CCC[C@H]1[C@H](OC)[C@@H](C)C(=O)N[C@@H](Cc1ccccc1)C(=O)O)OC)N(C)C(=O)[C@@H](NC(=O)[C@H](C(C)C)N(C)C(=O)CCCC(=O)NCC(C)(C)COCC(C)(C)CC(=O)NCCC(=O)N1Cc2ccccc2C2C=C2c2ccccc21)C(C)C. The summed E-state index contributed by atoms with van der Waals surface area (Å²) < 4.78 is 18.2. The summed E-state index contributed by atoms with van der Waals surface area (Å²) in [6, 6.07) is 21.0. The number of allylic oxidation sites excluding steroid dienone is 2. The molecule has 522 valence electrons. The minimum atomic E-state index is -1.18. The molecule has 1 fully saturated rings. The highest BCUT2D eigenvalue weighted by Crippen LogP contribution is 2.52. The summed E-state index contributed by atoms with van der Waals surface area (Å²) in [5, 5.41) is 21.6. The van der Waals surface area contributed by atoms with Gasteiger partial charge in [-0.1, -0.05) is 161 Å². The van der Waals surface area contributed by atoms with Gasteiger partial charge >= 0.3 is 5.97 Å². The molecule has 3 aromatic rings. The lowest BCUT2D eigenvalue weighted by molar-refractivity contribution is -0.149. The van der Waals surface area contributed by atoms with E-state index in [9.17, 15) is 48.3 Å². The molecule has 0 bridgehead atoms. The van der Waals surface area contributed by atoms with E-state index in [4.69, 9.17) is 14.2 Å². The maximum atomic E-state index is 14.8. The van der Waals surface area contributed by atoms with Crippen LogP contribution in [0.15, 0.2) is 84.9 Å². The van der Waals surface area contributed by atoms with Crippen LogP contribution in [0.1, 0.15) is 162 Å². The first kappa shape index (κ1) is 76.5. The summed E-state index contributed by atoms with van der Waals surface area (Å²) in [4.78, 5) is 130. The maximum Gasteiger partial charge on any atom is 0.326 e. The van der Waals surface area contributed by atoms with Gasteiger partial charge in [0.15, 0.2) is 0 Å². The first-order chi connectivity index (χ1) is 44.9. The highest BCUT2D eigenvalue weighted by Gasteiger charge is 2.44. The number of nitrogens with zero attached hydrogens (tertiary/aromatic N) is 4. The number of anilines is 1. The fourth-order valence-electron chi connectivity index (χ4n) is 13.4. The van der Waals surface area contributed by atoms with Gasteiger partial charge in [-0.05, 0) is 70.8 Å². The molecule has 1 aliphatic carbocycles. The molecule has 21 nitrogen and oxygen atoms in total. The third kappa shape index (κ3) is 21.0. The Hall–Kier alpha value is -7.49. The number of methoxy groups -OCH3 is 2. The van der Waals surface area contributed by atoms with Crippen molar-refractivity contribution in [3.05, 3.63) is 107 Å². The van der Waals surface area contributed by atoms with Crippen molar-refractivity contribution in [2.75, 3.05) is 66.1 Å². The van der Waals surface area contributed by atoms with Crippen LogP contribution < -0.4 is 26.2 Å². The molecule has 8 amide bonds. The second kappa shape index (κ2) is 35.0. The van der Waals surface area contributed by atoms with Crippen LogP contribution in [0.3, 0.4) is 0 Å². The van der Waals surface area contributed by atoms with Gasteiger partial charge in [-0.2, -0.15) is 0 Å². The fourth-order valence-corrected chi connectivity index (χ4v) is 13.4. The second-order valence-corrected chi connectivity index (χ2v) is 28.6. The second-order valence-electron chi connectivity index (χ2n) is 28.6. The molecule has 5 N–H and O–H groups in total. The summed E-state index contributed by atoms with van der Waals surface area (Å²) >= 11 is 0. The van der Waals surface area contributed by atoms with Crippen LogP contribution >= 0.6 is 0 Å². The van der Waals surface area contributed by atoms with E-state index in [1.807, 2.05) is 111 Å². The Kier molecular flexibility index (Phi) is 28.2. The Labute approximate surface area is 563 Å². The molecule has 0 aromatic heterocycles. The Morgan fingerprint density at radius 3 is 2.04 bits per heavy atom. The van der Waals surface area contributed by atoms with E-state index in [-0.39, 0.29) is 111 Å². The Bertz CT molecular complexity index is 3170. The summed E-state index contributed by atoms with van der Waals surface area (Å²) in [6.45, 7) is 22.7. The number of likely N-dealkylation sites (tertiary alicyclic amines) is 1. The van der Waals surface area contributed by atoms with Crippen LogP contribution in [0.4, 0.5) is 5.69 Å². The van der Waals surface area contributed by atoms with E-state index in [1.54, 1.807) is 55.1 Å². The zero-order valence-corrected chi connectivity index (χ0v) is 59.0. The molecule has 0 saturated carbocycles. The van der Waals surface area contributed by atoms with E-state index >= 15 is 0 Å². The zero-order chi connectivity index (χ0) is 70.1. The fraction of sp³-hybridized carbons (Fsp3) is 0.608. The molecule has 3 aromatic carbocycles. The molecular formula is C74H108N8O13. The monoisotopic (exact) mass is 1320 g/mol. The number of amides is 8. The molecule has 2 aliphatic heterocycles. The first-order valence-electron chi connectivity index (χ1n) is 34.0. The molecule has 6 rings (SSSR count). The normalized spacial score (nSPS) is 17.8. The molecule has 0 radical (unpaired) electrons. The average Bonchev–Trinajstić information content (AvgIpc) is 1.60. The van der Waals surface area contributed by atoms with Gasteiger partial charge in [-0.25, -0.2) is 4.79 Å². The minimum absolute atomic E-state index is 0.00311. The third-order valence-electron chi connectivity index (χ3n) is 19.0. The van der Waals surface area contributed by atoms with Crippen molar-refractivity contribution in [3.8, 4) is 0 Å². The standard InChI is InChI=1S/C74H108N8O13/c1-16-48(6)67(59(93-14)40-64(87)81-37-25-32-58(81)68(94-15)49(7)69(88)77-56(72(91)92)38-50-26-18-17-19-27-50)80(13)71(90)65(46(2)3)78-70(89)66(47(4)5)79(12)62(85)34-24-33-60(83)76-43-74(10,11)45-95-44-73(8,9)41-61(84)75-36-35-63(86)82-42-51-28-20-21-29-52(51)54-39-55(54)53-30-22-23-31-57(53)82/h17-23,26-31,39,46-49,54,56,58-59,65-68H,16,24-25,32-38,40-45H2,1-15H3,(H,75,84)(H,76,83)(H,77,88)(H,78,89)(H,91,92)/t48-,49+,54?,56-,58-,59+,65-,66-,67-,68+/m0/s1. The smallest absolute Gasteiger partial charge is 0.326 e. The van der Waals surface area contributed by atoms with Crippen LogP contribution in [0.25, 0.3) is 5.57 Å². The van der Waals surface area contributed by atoms with Gasteiger partial charge in [0.2, 0.25) is 47.3 Å². The number of nitrogens with one attached hydrogen (secondary N) is 4. The largest absolute Gasteiger partial charge is 0.480 e. The number of aliphatic carboxylic acids is 1. The van der Waals surface area contributed by atoms with Crippen LogP contribution in [-0.2, 0) is 70.3 Å². The predicted octanol–water partition coefficient (Wildman–Crippen LogP) is 8.32. The maximum absolute atomic E-state index is 14.8. The van der Waals surface area contributed by atoms with Gasteiger partial charge in [-0.15, -0.1) is 0 Å². The van der Waals surface area contributed by atoms with E-state index in [1.165, 1.54) is 30.3 Å². The number of benzene rings is 3. The van der Waals surface area contributed by atoms with Crippen molar-refractivity contribution in [2.45, 2.75) is 195 Å². The molecule has 1 unspecified atom stereocenters. The van der Waals surface area contributed by atoms with Gasteiger partial charge in [0.1, 0.15) is 18.1 Å². The topological polar surface area (TPSA) is 263 Å². The molecule has 1 saturated heterocycles. The number of carbonyl (C=O) groups is 9. The average molecular weight is 1320 g/mol. The molecule has 3 aliphatic rings. The van der Waals surface area contributed by atoms with Crippen molar-refractivity contribution in [2.24, 2.45) is 34.5 Å². The zero-order valence-electron chi connectivity index (χ0n) is 59.0. The predicted molar refractivity (Wildman–Crippen MR) is 366 cm³/mol. The summed E-state index contributed by atoms with van der Waals surface area (Å²) in [5.74, 6) is -5.12. The quantitative estimate of drug-likeness (QED) is 0.0367. The van der Waals surface area contributed by atoms with E-state index in [2.05, 4.69) is 45.5 Å². The third-order valence-corrected chi connectivity index (χ3v) is 19.0. The Morgan fingerprint density at radius 2 is 1.39 bits per heavy atom. The van der Waals surface area contributed by atoms with Crippen LogP contribution in [0.5, 0.6) is 0 Å². The molecule has 95 heavy (non-hydrogen) atoms.